The SMILES string of the molecule is Cc1csc(N2CCC(COc3cc4c(nn3)CCCC4)CC2)n1. The normalized spacial score (nSPS) is 18.5. The highest BCUT2D eigenvalue weighted by Crippen LogP contribution is 2.27. The summed E-state index contributed by atoms with van der Waals surface area (Å²) in [7, 11) is 0. The smallest absolute Gasteiger partial charge is 0.233 e. The maximum absolute atomic E-state index is 5.95. The lowest BCUT2D eigenvalue weighted by Gasteiger charge is -2.31. The van der Waals surface area contributed by atoms with Crippen LogP contribution in [0.5, 0.6) is 5.88 Å². The molecule has 0 radical (unpaired) electrons. The lowest BCUT2D eigenvalue weighted by atomic mass is 9.97. The van der Waals surface area contributed by atoms with Gasteiger partial charge < -0.3 is 9.64 Å². The van der Waals surface area contributed by atoms with Crippen molar-refractivity contribution >= 4 is 16.5 Å². The van der Waals surface area contributed by atoms with Crippen LogP contribution in [0.25, 0.3) is 0 Å². The van der Waals surface area contributed by atoms with E-state index in [-0.39, 0.29) is 0 Å². The van der Waals surface area contributed by atoms with Gasteiger partial charge in [0.15, 0.2) is 5.13 Å². The Morgan fingerprint density at radius 2 is 2.04 bits per heavy atom. The molecule has 1 aliphatic carbocycles. The highest BCUT2D eigenvalue weighted by Gasteiger charge is 2.22. The molecule has 0 spiro atoms. The minimum absolute atomic E-state index is 0.597. The molecule has 128 valence electrons. The molecule has 0 unspecified atom stereocenters. The third kappa shape index (κ3) is 3.53. The zero-order valence-corrected chi connectivity index (χ0v) is 15.0. The standard InChI is InChI=1S/C18H24N4OS/c1-13-12-24-18(19-13)22-8-6-14(7-9-22)11-23-17-10-15-4-2-3-5-16(15)20-21-17/h10,12,14H,2-9,11H2,1H3. The summed E-state index contributed by atoms with van der Waals surface area (Å²) in [6, 6.07) is 2.11. The van der Waals surface area contributed by atoms with Gasteiger partial charge in [-0.15, -0.1) is 16.4 Å². The monoisotopic (exact) mass is 344 g/mol. The van der Waals surface area contributed by atoms with Crippen LogP contribution in [0.3, 0.4) is 0 Å². The van der Waals surface area contributed by atoms with Crippen LogP contribution in [0.4, 0.5) is 5.13 Å². The van der Waals surface area contributed by atoms with Crippen molar-refractivity contribution in [2.24, 2.45) is 5.92 Å². The summed E-state index contributed by atoms with van der Waals surface area (Å²) >= 11 is 1.75. The van der Waals surface area contributed by atoms with E-state index < -0.39 is 0 Å². The van der Waals surface area contributed by atoms with Gasteiger partial charge in [0.05, 0.1) is 18.0 Å². The van der Waals surface area contributed by atoms with E-state index in [2.05, 4.69) is 38.5 Å². The molecule has 2 aromatic heterocycles. The van der Waals surface area contributed by atoms with Crippen LogP contribution in [0.15, 0.2) is 11.4 Å². The van der Waals surface area contributed by atoms with Gasteiger partial charge in [0, 0.05) is 24.5 Å². The molecule has 24 heavy (non-hydrogen) atoms. The Hall–Kier alpha value is -1.69. The summed E-state index contributed by atoms with van der Waals surface area (Å²) in [5.74, 6) is 1.30. The van der Waals surface area contributed by atoms with Gasteiger partial charge >= 0.3 is 0 Å². The second-order valence-corrected chi connectivity index (χ2v) is 7.71. The highest BCUT2D eigenvalue weighted by molar-refractivity contribution is 7.13. The number of anilines is 1. The van der Waals surface area contributed by atoms with Crippen molar-refractivity contribution in [3.05, 3.63) is 28.4 Å². The predicted molar refractivity (Wildman–Crippen MR) is 96.0 cm³/mol. The quantitative estimate of drug-likeness (QED) is 0.851. The number of nitrogens with zero attached hydrogens (tertiary/aromatic N) is 4. The van der Waals surface area contributed by atoms with Crippen LogP contribution in [0.2, 0.25) is 0 Å². The van der Waals surface area contributed by atoms with Crippen molar-refractivity contribution in [2.45, 2.75) is 45.4 Å². The molecule has 0 N–H and O–H groups in total. The van der Waals surface area contributed by atoms with Crippen molar-refractivity contribution in [3.8, 4) is 5.88 Å². The second-order valence-electron chi connectivity index (χ2n) is 6.87. The first-order valence-corrected chi connectivity index (χ1v) is 9.81. The number of aromatic nitrogens is 3. The largest absolute Gasteiger partial charge is 0.476 e. The predicted octanol–water partition coefficient (Wildman–Crippen LogP) is 3.42. The Kier molecular flexibility index (Phi) is 4.65. The third-order valence-corrected chi connectivity index (χ3v) is 6.03. The van der Waals surface area contributed by atoms with E-state index in [4.69, 9.17) is 4.74 Å². The fourth-order valence-electron chi connectivity index (χ4n) is 3.52. The fourth-order valence-corrected chi connectivity index (χ4v) is 4.38. The van der Waals surface area contributed by atoms with Crippen LogP contribution in [0.1, 0.15) is 42.6 Å². The Morgan fingerprint density at radius 1 is 1.21 bits per heavy atom. The van der Waals surface area contributed by atoms with E-state index in [0.29, 0.717) is 11.8 Å². The summed E-state index contributed by atoms with van der Waals surface area (Å²) in [5.41, 5.74) is 3.62. The molecule has 1 fully saturated rings. The van der Waals surface area contributed by atoms with Gasteiger partial charge in [0.2, 0.25) is 5.88 Å². The summed E-state index contributed by atoms with van der Waals surface area (Å²) in [4.78, 5) is 6.98. The first kappa shape index (κ1) is 15.8. The van der Waals surface area contributed by atoms with E-state index in [1.54, 1.807) is 11.3 Å². The first-order chi connectivity index (χ1) is 11.8. The molecule has 0 amide bonds. The molecule has 1 aliphatic heterocycles. The Balaban J connectivity index is 1.28. The van der Waals surface area contributed by atoms with Gasteiger partial charge in [0.25, 0.3) is 0 Å². The van der Waals surface area contributed by atoms with Crippen molar-refractivity contribution in [1.82, 2.24) is 15.2 Å². The summed E-state index contributed by atoms with van der Waals surface area (Å²) in [6.45, 7) is 4.94. The molecular formula is C18H24N4OS. The van der Waals surface area contributed by atoms with Crippen LogP contribution in [-0.4, -0.2) is 34.9 Å². The van der Waals surface area contributed by atoms with Gasteiger partial charge in [-0.3, -0.25) is 0 Å². The molecule has 4 rings (SSSR count). The van der Waals surface area contributed by atoms with Crippen molar-refractivity contribution in [1.29, 1.82) is 0 Å². The fraction of sp³-hybridized carbons (Fsp3) is 0.611. The van der Waals surface area contributed by atoms with Gasteiger partial charge in [0.1, 0.15) is 0 Å². The molecule has 0 saturated carbocycles. The number of rotatable bonds is 4. The Labute approximate surface area is 147 Å². The lowest BCUT2D eigenvalue weighted by Crippen LogP contribution is -2.35. The first-order valence-electron chi connectivity index (χ1n) is 8.93. The molecular weight excluding hydrogens is 320 g/mol. The Morgan fingerprint density at radius 3 is 2.83 bits per heavy atom. The molecule has 6 heteroatoms. The number of fused-ring (bicyclic) bond motifs is 1. The van der Waals surface area contributed by atoms with Crippen LogP contribution >= 0.6 is 11.3 Å². The maximum Gasteiger partial charge on any atom is 0.233 e. The minimum atomic E-state index is 0.597. The molecule has 0 bridgehead atoms. The zero-order chi connectivity index (χ0) is 16.4. The molecule has 1 saturated heterocycles. The number of hydrogen-bond acceptors (Lipinski definition) is 6. The van der Waals surface area contributed by atoms with E-state index in [1.807, 2.05) is 0 Å². The number of piperidine rings is 1. The molecule has 0 atom stereocenters. The third-order valence-electron chi connectivity index (χ3n) is 5.01. The Bertz CT molecular complexity index is 694. The summed E-state index contributed by atoms with van der Waals surface area (Å²) < 4.78 is 5.95. The van der Waals surface area contributed by atoms with Crippen molar-refractivity contribution in [2.75, 3.05) is 24.6 Å². The molecule has 3 heterocycles. The van der Waals surface area contributed by atoms with E-state index in [0.717, 1.165) is 56.2 Å². The van der Waals surface area contributed by atoms with Gasteiger partial charge in [-0.05, 0) is 56.9 Å². The van der Waals surface area contributed by atoms with E-state index in [1.165, 1.54) is 24.1 Å². The van der Waals surface area contributed by atoms with E-state index >= 15 is 0 Å². The van der Waals surface area contributed by atoms with Crippen LogP contribution in [0, 0.1) is 12.8 Å². The second kappa shape index (κ2) is 7.05. The topological polar surface area (TPSA) is 51.1 Å². The zero-order valence-electron chi connectivity index (χ0n) is 14.2. The number of thiazole rings is 1. The maximum atomic E-state index is 5.95. The van der Waals surface area contributed by atoms with Crippen molar-refractivity contribution in [3.63, 3.8) is 0 Å². The lowest BCUT2D eigenvalue weighted by molar-refractivity contribution is 0.213. The van der Waals surface area contributed by atoms with Gasteiger partial charge in [-0.1, -0.05) is 0 Å². The summed E-state index contributed by atoms with van der Waals surface area (Å²) in [6.07, 6.45) is 6.98. The van der Waals surface area contributed by atoms with Crippen LogP contribution < -0.4 is 9.64 Å². The van der Waals surface area contributed by atoms with E-state index in [9.17, 15) is 0 Å². The molecule has 2 aromatic rings. The number of aryl methyl sites for hydroxylation is 3. The summed E-state index contributed by atoms with van der Waals surface area (Å²) in [5, 5.41) is 11.9. The van der Waals surface area contributed by atoms with Gasteiger partial charge in [-0.25, -0.2) is 4.98 Å². The average molecular weight is 344 g/mol. The molecule has 2 aliphatic rings. The molecule has 0 aromatic carbocycles. The number of hydrogen-bond donors (Lipinski definition) is 0. The minimum Gasteiger partial charge on any atom is -0.476 e. The average Bonchev–Trinajstić information content (AvgIpc) is 3.07. The number of ether oxygens (including phenoxy) is 1. The van der Waals surface area contributed by atoms with Crippen LogP contribution in [-0.2, 0) is 12.8 Å². The van der Waals surface area contributed by atoms with Crippen molar-refractivity contribution < 1.29 is 4.74 Å². The highest BCUT2D eigenvalue weighted by atomic mass is 32.1. The molecule has 5 nitrogen and oxygen atoms in total. The van der Waals surface area contributed by atoms with Gasteiger partial charge in [-0.2, -0.15) is 5.10 Å².